The Hall–Kier alpha value is -4.59. The molecule has 0 saturated carbocycles. The van der Waals surface area contributed by atoms with Crippen molar-refractivity contribution in [3.05, 3.63) is 108 Å². The number of benzene rings is 3. The van der Waals surface area contributed by atoms with Crippen LogP contribution in [0.15, 0.2) is 102 Å². The van der Waals surface area contributed by atoms with Gasteiger partial charge in [-0.1, -0.05) is 65.4 Å². The van der Waals surface area contributed by atoms with Crippen LogP contribution in [0.25, 0.3) is 0 Å². The zero-order chi connectivity index (χ0) is 26.3. The van der Waals surface area contributed by atoms with Crippen LogP contribution < -0.4 is 9.47 Å². The Bertz CT molecular complexity index is 1190. The van der Waals surface area contributed by atoms with Crippen molar-refractivity contribution in [2.45, 2.75) is 13.0 Å². The van der Waals surface area contributed by atoms with Gasteiger partial charge >= 0.3 is 5.97 Å². The molecule has 0 unspecified atom stereocenters. The van der Waals surface area contributed by atoms with Crippen LogP contribution in [-0.4, -0.2) is 44.8 Å². The average molecular weight is 503 g/mol. The minimum atomic E-state index is -0.407. The lowest BCUT2D eigenvalue weighted by atomic mass is 10.1. The molecule has 8 nitrogen and oxygen atoms in total. The molecule has 0 heterocycles. The van der Waals surface area contributed by atoms with E-state index in [4.69, 9.17) is 23.9 Å². The highest BCUT2D eigenvalue weighted by molar-refractivity contribution is 6.09. The van der Waals surface area contributed by atoms with E-state index in [1.54, 1.807) is 6.08 Å². The van der Waals surface area contributed by atoms with Gasteiger partial charge in [-0.2, -0.15) is 0 Å². The van der Waals surface area contributed by atoms with Gasteiger partial charge < -0.3 is 23.9 Å². The van der Waals surface area contributed by atoms with E-state index < -0.39 is 5.97 Å². The molecule has 0 fully saturated rings. The number of carbonyl (C=O) groups is 1. The number of rotatable bonds is 14. The number of ether oxygens (including phenoxy) is 3. The Morgan fingerprint density at radius 3 is 2.11 bits per heavy atom. The Morgan fingerprint density at radius 2 is 1.46 bits per heavy atom. The number of carbonyl (C=O) groups excluding carboxylic acids is 1. The quantitative estimate of drug-likeness (QED) is 0.0994. The Labute approximate surface area is 216 Å². The molecular formula is C29H30N2O6. The molecule has 0 aromatic heterocycles. The number of methoxy groups -OCH3 is 1. The number of oxime groups is 2. The van der Waals surface area contributed by atoms with Crippen molar-refractivity contribution in [3.8, 4) is 11.5 Å². The maximum atomic E-state index is 11.7. The summed E-state index contributed by atoms with van der Waals surface area (Å²) in [5, 5.41) is 8.11. The average Bonchev–Trinajstić information content (AvgIpc) is 2.95. The molecule has 0 amide bonds. The summed E-state index contributed by atoms with van der Waals surface area (Å²) in [7, 11) is 2.84. The largest absolute Gasteiger partial charge is 0.489 e. The predicted molar refractivity (Wildman–Crippen MR) is 142 cm³/mol. The van der Waals surface area contributed by atoms with Crippen LogP contribution in [0.1, 0.15) is 23.1 Å². The van der Waals surface area contributed by atoms with Gasteiger partial charge in [-0.15, -0.1) is 0 Å². The molecule has 3 aromatic carbocycles. The van der Waals surface area contributed by atoms with E-state index in [0.29, 0.717) is 29.5 Å². The van der Waals surface area contributed by atoms with Crippen molar-refractivity contribution in [1.82, 2.24) is 0 Å². The second-order valence-electron chi connectivity index (χ2n) is 7.71. The van der Waals surface area contributed by atoms with Crippen LogP contribution in [0.4, 0.5) is 0 Å². The van der Waals surface area contributed by atoms with Crippen molar-refractivity contribution in [2.75, 3.05) is 27.4 Å². The topological polar surface area (TPSA) is 87.9 Å². The molecule has 37 heavy (non-hydrogen) atoms. The summed E-state index contributed by atoms with van der Waals surface area (Å²) < 4.78 is 16.5. The Morgan fingerprint density at radius 1 is 0.811 bits per heavy atom. The zero-order valence-electron chi connectivity index (χ0n) is 21.0. The van der Waals surface area contributed by atoms with Crippen LogP contribution in [0.3, 0.4) is 0 Å². The predicted octanol–water partition coefficient (Wildman–Crippen LogP) is 5.16. The molecule has 0 atom stereocenters. The first kappa shape index (κ1) is 27.0. The number of nitrogens with zero attached hydrogens (tertiary/aromatic N) is 2. The second-order valence-corrected chi connectivity index (χ2v) is 7.71. The van der Waals surface area contributed by atoms with Gasteiger partial charge in [0, 0.05) is 11.1 Å². The lowest BCUT2D eigenvalue weighted by Gasteiger charge is -2.11. The summed E-state index contributed by atoms with van der Waals surface area (Å²) in [5.41, 5.74) is 3.81. The Kier molecular flexibility index (Phi) is 10.7. The first-order valence-electron chi connectivity index (χ1n) is 11.6. The van der Waals surface area contributed by atoms with E-state index in [9.17, 15) is 4.79 Å². The van der Waals surface area contributed by atoms with E-state index in [1.807, 2.05) is 78.9 Å². The van der Waals surface area contributed by atoms with Gasteiger partial charge in [0.25, 0.3) is 0 Å². The third kappa shape index (κ3) is 8.85. The lowest BCUT2D eigenvalue weighted by Crippen LogP contribution is -2.13. The van der Waals surface area contributed by atoms with Gasteiger partial charge in [0.15, 0.2) is 0 Å². The monoisotopic (exact) mass is 502 g/mol. The summed E-state index contributed by atoms with van der Waals surface area (Å²) in [6.45, 7) is 4.48. The fraction of sp³-hybridized carbons (Fsp3) is 0.207. The molecule has 0 N–H and O–H groups in total. The molecular weight excluding hydrogens is 472 g/mol. The highest BCUT2D eigenvalue weighted by Crippen LogP contribution is 2.18. The number of hydrogen-bond donors (Lipinski definition) is 0. The highest BCUT2D eigenvalue weighted by Gasteiger charge is 2.12. The second kappa shape index (κ2) is 14.7. The molecule has 0 aliphatic rings. The summed E-state index contributed by atoms with van der Waals surface area (Å²) in [5.74, 6) is 0.983. The lowest BCUT2D eigenvalue weighted by molar-refractivity contribution is -0.139. The standard InChI is InChI=1S/C29H30N2O6/c1-4-18-37-31-27(19-29(32)33-2)24-12-16-26(17-13-24)35-20-22-10-14-25(15-11-22)36-21-28(30-34-3)23-8-6-5-7-9-23/h4-17H,1,18-21H2,2-3H3/b30-28+,31-27-. The van der Waals surface area contributed by atoms with E-state index in [1.165, 1.54) is 14.2 Å². The van der Waals surface area contributed by atoms with Crippen molar-refractivity contribution in [2.24, 2.45) is 10.3 Å². The van der Waals surface area contributed by atoms with Crippen LogP contribution in [0, 0.1) is 0 Å². The third-order valence-electron chi connectivity index (χ3n) is 5.11. The summed E-state index contributed by atoms with van der Waals surface area (Å²) >= 11 is 0. The molecule has 8 heteroatoms. The molecule has 192 valence electrons. The number of hydrogen-bond acceptors (Lipinski definition) is 8. The van der Waals surface area contributed by atoms with Crippen LogP contribution in [-0.2, 0) is 25.8 Å². The van der Waals surface area contributed by atoms with Gasteiger partial charge in [0.05, 0.1) is 19.2 Å². The van der Waals surface area contributed by atoms with Gasteiger partial charge in [-0.25, -0.2) is 0 Å². The Balaban J connectivity index is 1.55. The highest BCUT2D eigenvalue weighted by atomic mass is 16.6. The molecule has 3 rings (SSSR count). The minimum Gasteiger partial charge on any atom is -0.489 e. The van der Waals surface area contributed by atoms with Crippen LogP contribution >= 0.6 is 0 Å². The third-order valence-corrected chi connectivity index (χ3v) is 5.11. The summed E-state index contributed by atoms with van der Waals surface area (Å²) in [4.78, 5) is 21.8. The maximum Gasteiger partial charge on any atom is 0.311 e. The molecule has 0 saturated heterocycles. The number of esters is 1. The first-order valence-corrected chi connectivity index (χ1v) is 11.6. The van der Waals surface area contributed by atoms with Crippen LogP contribution in [0.2, 0.25) is 0 Å². The molecule has 0 bridgehead atoms. The normalized spacial score (nSPS) is 11.4. The molecule has 3 aromatic rings. The minimum absolute atomic E-state index is 0.00751. The molecule has 0 radical (unpaired) electrons. The zero-order valence-corrected chi connectivity index (χ0v) is 21.0. The van der Waals surface area contributed by atoms with Gasteiger partial charge in [0.1, 0.15) is 44.1 Å². The molecule has 0 aliphatic heterocycles. The summed E-state index contributed by atoms with van der Waals surface area (Å²) in [6, 6.07) is 24.7. The fourth-order valence-corrected chi connectivity index (χ4v) is 3.21. The fourth-order valence-electron chi connectivity index (χ4n) is 3.21. The van der Waals surface area contributed by atoms with E-state index in [0.717, 1.165) is 16.7 Å². The van der Waals surface area contributed by atoms with Crippen molar-refractivity contribution in [3.63, 3.8) is 0 Å². The van der Waals surface area contributed by atoms with E-state index in [-0.39, 0.29) is 19.6 Å². The van der Waals surface area contributed by atoms with E-state index >= 15 is 0 Å². The van der Waals surface area contributed by atoms with Crippen molar-refractivity contribution >= 4 is 17.4 Å². The maximum absolute atomic E-state index is 11.7. The first-order chi connectivity index (χ1) is 18.1. The molecule has 0 spiro atoms. The van der Waals surface area contributed by atoms with Crippen LogP contribution in [0.5, 0.6) is 11.5 Å². The van der Waals surface area contributed by atoms with Crippen molar-refractivity contribution in [1.29, 1.82) is 0 Å². The van der Waals surface area contributed by atoms with Gasteiger partial charge in [-0.3, -0.25) is 4.79 Å². The van der Waals surface area contributed by atoms with E-state index in [2.05, 4.69) is 16.9 Å². The smallest absolute Gasteiger partial charge is 0.311 e. The van der Waals surface area contributed by atoms with Gasteiger partial charge in [-0.05, 0) is 42.0 Å². The van der Waals surface area contributed by atoms with Crippen molar-refractivity contribution < 1.29 is 28.7 Å². The summed E-state index contributed by atoms with van der Waals surface area (Å²) in [6.07, 6.45) is 1.57. The van der Waals surface area contributed by atoms with Gasteiger partial charge in [0.2, 0.25) is 0 Å². The SMILES string of the molecule is C=CCO/N=C(/CC(=O)OC)c1ccc(OCc2ccc(OC/C(=N\OC)c3ccccc3)cc2)cc1. The molecule has 0 aliphatic carbocycles.